The Hall–Kier alpha value is -3.38. The Labute approximate surface area is 190 Å². The first-order valence-electron chi connectivity index (χ1n) is 10.7. The second-order valence-corrected chi connectivity index (χ2v) is 8.60. The van der Waals surface area contributed by atoms with Gasteiger partial charge in [0.25, 0.3) is 5.91 Å². The second kappa shape index (κ2) is 8.28. The number of fused-ring (bicyclic) bond motifs is 2. The van der Waals surface area contributed by atoms with Gasteiger partial charge >= 0.3 is 0 Å². The number of hydrogen-bond acceptors (Lipinski definition) is 3. The van der Waals surface area contributed by atoms with Gasteiger partial charge in [-0.05, 0) is 42.8 Å². The van der Waals surface area contributed by atoms with Crippen LogP contribution in [0.5, 0.6) is 0 Å². The SMILES string of the molecule is Cc1nc2ccc(Cl)cc2cc1C(=O)N1CCN(C(=O)Cc2c[nH]c3ccccc23)CC1. The summed E-state index contributed by atoms with van der Waals surface area (Å²) >= 11 is 6.11. The minimum atomic E-state index is -0.0550. The van der Waals surface area contributed by atoms with Gasteiger partial charge in [0.15, 0.2) is 0 Å². The first kappa shape index (κ1) is 20.5. The van der Waals surface area contributed by atoms with Crippen LogP contribution in [0.15, 0.2) is 54.7 Å². The number of amides is 2. The van der Waals surface area contributed by atoms with Crippen molar-refractivity contribution in [3.8, 4) is 0 Å². The van der Waals surface area contributed by atoms with Crippen LogP contribution in [-0.4, -0.2) is 57.8 Å². The van der Waals surface area contributed by atoms with Crippen molar-refractivity contribution in [3.05, 3.63) is 76.6 Å². The number of aromatic amines is 1. The summed E-state index contributed by atoms with van der Waals surface area (Å²) < 4.78 is 0. The van der Waals surface area contributed by atoms with Gasteiger partial charge in [-0.2, -0.15) is 0 Å². The minimum Gasteiger partial charge on any atom is -0.361 e. The number of hydrogen-bond donors (Lipinski definition) is 1. The fourth-order valence-corrected chi connectivity index (χ4v) is 4.52. The first-order chi connectivity index (χ1) is 15.5. The fourth-order valence-electron chi connectivity index (χ4n) is 4.34. The molecular formula is C25H23ClN4O2. The van der Waals surface area contributed by atoms with Crippen molar-refractivity contribution in [2.24, 2.45) is 0 Å². The molecule has 0 radical (unpaired) electrons. The number of carbonyl (C=O) groups is 2. The quantitative estimate of drug-likeness (QED) is 0.512. The molecule has 0 unspecified atom stereocenters. The lowest BCUT2D eigenvalue weighted by Crippen LogP contribution is -2.51. The number of pyridine rings is 1. The smallest absolute Gasteiger partial charge is 0.255 e. The van der Waals surface area contributed by atoms with E-state index in [9.17, 15) is 9.59 Å². The van der Waals surface area contributed by atoms with Crippen molar-refractivity contribution >= 4 is 45.2 Å². The van der Waals surface area contributed by atoms with E-state index < -0.39 is 0 Å². The van der Waals surface area contributed by atoms with Crippen molar-refractivity contribution in [2.45, 2.75) is 13.3 Å². The summed E-state index contributed by atoms with van der Waals surface area (Å²) in [6, 6.07) is 15.3. The highest BCUT2D eigenvalue weighted by molar-refractivity contribution is 6.31. The first-order valence-corrected chi connectivity index (χ1v) is 11.1. The molecule has 1 aliphatic heterocycles. The van der Waals surface area contributed by atoms with Crippen LogP contribution in [0.25, 0.3) is 21.8 Å². The molecule has 1 fully saturated rings. The van der Waals surface area contributed by atoms with E-state index in [0.717, 1.165) is 27.4 Å². The molecule has 0 atom stereocenters. The number of nitrogens with one attached hydrogen (secondary N) is 1. The molecular weight excluding hydrogens is 424 g/mol. The zero-order valence-corrected chi connectivity index (χ0v) is 18.5. The van der Waals surface area contributed by atoms with Gasteiger partial charge in [0.2, 0.25) is 5.91 Å². The lowest BCUT2D eigenvalue weighted by Gasteiger charge is -2.35. The van der Waals surface area contributed by atoms with E-state index in [0.29, 0.717) is 48.9 Å². The van der Waals surface area contributed by atoms with Crippen LogP contribution in [0.2, 0.25) is 5.02 Å². The standard InChI is InChI=1S/C25H23ClN4O2/c1-16-21(13-17-12-19(26)6-7-22(17)28-16)25(32)30-10-8-29(9-11-30)24(31)14-18-15-27-23-5-3-2-4-20(18)23/h2-7,12-13,15,27H,8-11,14H2,1H3. The maximum atomic E-state index is 13.2. The molecule has 5 rings (SSSR count). The molecule has 2 aromatic heterocycles. The fraction of sp³-hybridized carbons (Fsp3) is 0.240. The van der Waals surface area contributed by atoms with E-state index in [2.05, 4.69) is 9.97 Å². The number of piperazine rings is 1. The third kappa shape index (κ3) is 3.82. The van der Waals surface area contributed by atoms with Crippen molar-refractivity contribution < 1.29 is 9.59 Å². The van der Waals surface area contributed by atoms with Gasteiger partial charge in [-0.1, -0.05) is 29.8 Å². The van der Waals surface area contributed by atoms with Crippen LogP contribution in [0.3, 0.4) is 0 Å². The highest BCUT2D eigenvalue weighted by Gasteiger charge is 2.26. The predicted octanol–water partition coefficient (Wildman–Crippen LogP) is 4.21. The van der Waals surface area contributed by atoms with Gasteiger partial charge in [-0.25, -0.2) is 0 Å². The van der Waals surface area contributed by atoms with E-state index >= 15 is 0 Å². The van der Waals surface area contributed by atoms with Gasteiger partial charge in [0.1, 0.15) is 0 Å². The lowest BCUT2D eigenvalue weighted by molar-refractivity contribution is -0.131. The van der Waals surface area contributed by atoms with Crippen molar-refractivity contribution in [1.82, 2.24) is 19.8 Å². The molecule has 1 N–H and O–H groups in total. The van der Waals surface area contributed by atoms with Crippen LogP contribution in [-0.2, 0) is 11.2 Å². The Balaban J connectivity index is 1.26. The summed E-state index contributed by atoms with van der Waals surface area (Å²) in [5, 5.41) is 2.54. The molecule has 2 aromatic carbocycles. The average molecular weight is 447 g/mol. The number of rotatable bonds is 3. The van der Waals surface area contributed by atoms with Crippen LogP contribution < -0.4 is 0 Å². The summed E-state index contributed by atoms with van der Waals surface area (Å²) in [6.45, 7) is 3.91. The van der Waals surface area contributed by atoms with E-state index in [1.807, 2.05) is 60.5 Å². The largest absolute Gasteiger partial charge is 0.361 e. The molecule has 0 spiro atoms. The highest BCUT2D eigenvalue weighted by atomic mass is 35.5. The number of aromatic nitrogens is 2. The van der Waals surface area contributed by atoms with Crippen LogP contribution >= 0.6 is 11.6 Å². The molecule has 4 aromatic rings. The Bertz CT molecular complexity index is 1340. The number of H-pyrrole nitrogens is 1. The van der Waals surface area contributed by atoms with Gasteiger partial charge in [-0.3, -0.25) is 14.6 Å². The Morgan fingerprint density at radius 2 is 1.78 bits per heavy atom. The van der Waals surface area contributed by atoms with Crippen molar-refractivity contribution in [1.29, 1.82) is 0 Å². The second-order valence-electron chi connectivity index (χ2n) is 8.17. The topological polar surface area (TPSA) is 69.3 Å². The molecule has 1 aliphatic rings. The van der Waals surface area contributed by atoms with Gasteiger partial charge < -0.3 is 14.8 Å². The summed E-state index contributed by atoms with van der Waals surface area (Å²) in [5.41, 5.74) is 4.13. The van der Waals surface area contributed by atoms with E-state index in [1.54, 1.807) is 11.0 Å². The van der Waals surface area contributed by atoms with Crippen LogP contribution in [0.4, 0.5) is 0 Å². The van der Waals surface area contributed by atoms with E-state index in [1.165, 1.54) is 0 Å². The van der Waals surface area contributed by atoms with Crippen molar-refractivity contribution in [3.63, 3.8) is 0 Å². The summed E-state index contributed by atoms with van der Waals surface area (Å²) in [7, 11) is 0. The average Bonchev–Trinajstić information content (AvgIpc) is 3.21. The monoisotopic (exact) mass is 446 g/mol. The molecule has 0 bridgehead atoms. The molecule has 1 saturated heterocycles. The molecule has 0 aliphatic carbocycles. The molecule has 2 amide bonds. The normalized spacial score (nSPS) is 14.3. The van der Waals surface area contributed by atoms with Gasteiger partial charge in [-0.15, -0.1) is 0 Å². The van der Waals surface area contributed by atoms with Crippen molar-refractivity contribution in [2.75, 3.05) is 26.2 Å². The number of nitrogens with zero attached hydrogens (tertiary/aromatic N) is 3. The summed E-state index contributed by atoms with van der Waals surface area (Å²) in [5.74, 6) is 0.0284. The third-order valence-corrected chi connectivity index (χ3v) is 6.37. The molecule has 7 heteroatoms. The zero-order chi connectivity index (χ0) is 22.2. The molecule has 6 nitrogen and oxygen atoms in total. The van der Waals surface area contributed by atoms with E-state index in [4.69, 9.17) is 11.6 Å². The number of para-hydroxylation sites is 1. The predicted molar refractivity (Wildman–Crippen MR) is 126 cm³/mol. The van der Waals surface area contributed by atoms with Crippen LogP contribution in [0, 0.1) is 6.92 Å². The number of halogens is 1. The summed E-state index contributed by atoms with van der Waals surface area (Å²) in [6.07, 6.45) is 2.26. The Morgan fingerprint density at radius 3 is 2.59 bits per heavy atom. The number of aryl methyl sites for hydroxylation is 1. The lowest BCUT2D eigenvalue weighted by atomic mass is 10.1. The van der Waals surface area contributed by atoms with E-state index in [-0.39, 0.29) is 11.8 Å². The molecule has 3 heterocycles. The van der Waals surface area contributed by atoms with Gasteiger partial charge in [0, 0.05) is 53.7 Å². The van der Waals surface area contributed by atoms with Crippen LogP contribution in [0.1, 0.15) is 21.6 Å². The molecule has 0 saturated carbocycles. The molecule has 162 valence electrons. The highest BCUT2D eigenvalue weighted by Crippen LogP contribution is 2.23. The number of carbonyl (C=O) groups excluding carboxylic acids is 2. The maximum absolute atomic E-state index is 13.2. The molecule has 32 heavy (non-hydrogen) atoms. The van der Waals surface area contributed by atoms with Gasteiger partial charge in [0.05, 0.1) is 23.2 Å². The summed E-state index contributed by atoms with van der Waals surface area (Å²) in [4.78, 5) is 37.5. The third-order valence-electron chi connectivity index (χ3n) is 6.13. The zero-order valence-electron chi connectivity index (χ0n) is 17.8. The number of benzene rings is 2. The Kier molecular flexibility index (Phi) is 5.31. The maximum Gasteiger partial charge on any atom is 0.255 e. The Morgan fingerprint density at radius 1 is 1.03 bits per heavy atom. The minimum absolute atomic E-state index is 0.0550.